The molecule has 0 bridgehead atoms. The Bertz CT molecular complexity index is 388. The highest BCUT2D eigenvalue weighted by Crippen LogP contribution is 2.20. The Kier molecular flexibility index (Phi) is 4.68. The molecule has 0 aromatic carbocycles. The summed E-state index contributed by atoms with van der Waals surface area (Å²) in [6.07, 6.45) is 0.997. The maximum absolute atomic E-state index is 12.0. The van der Waals surface area contributed by atoms with E-state index in [1.54, 1.807) is 9.80 Å². The number of nitrogens with zero attached hydrogens (tertiary/aromatic N) is 2. The monoisotopic (exact) mass is 286 g/mol. The molecule has 0 saturated carbocycles. The van der Waals surface area contributed by atoms with Crippen LogP contribution in [0.25, 0.3) is 0 Å². The maximum Gasteiger partial charge on any atom is 0.310 e. The number of hydrogen-bond donors (Lipinski definition) is 0. The van der Waals surface area contributed by atoms with Gasteiger partial charge in [0.2, 0.25) is 5.91 Å². The molecule has 0 aliphatic carbocycles. The summed E-state index contributed by atoms with van der Waals surface area (Å²) < 4.78 is 4.68. The number of carbonyl (C=O) groups excluding carboxylic acids is 3. The van der Waals surface area contributed by atoms with Crippen molar-refractivity contribution in [2.45, 2.75) is 12.8 Å². The first-order valence-electron chi connectivity index (χ1n) is 6.39. The predicted octanol–water partition coefficient (Wildman–Crippen LogP) is 0.567. The minimum atomic E-state index is -0.249. The third-order valence-electron chi connectivity index (χ3n) is 3.52. The van der Waals surface area contributed by atoms with Crippen LogP contribution in [0.2, 0.25) is 0 Å². The molecule has 1 atom stereocenters. The van der Waals surface area contributed by atoms with Gasteiger partial charge in [-0.3, -0.25) is 14.4 Å². The third kappa shape index (κ3) is 3.40. The number of likely N-dealkylation sites (tertiary alicyclic amines) is 1. The van der Waals surface area contributed by atoms with Gasteiger partial charge in [0.1, 0.15) is 0 Å². The second kappa shape index (κ2) is 6.27. The van der Waals surface area contributed by atoms with E-state index in [1.165, 1.54) is 18.9 Å². The molecule has 7 heteroatoms. The van der Waals surface area contributed by atoms with Gasteiger partial charge >= 0.3 is 5.97 Å². The zero-order chi connectivity index (χ0) is 13.8. The summed E-state index contributed by atoms with van der Waals surface area (Å²) in [5.74, 6) is 0.372. The van der Waals surface area contributed by atoms with E-state index in [2.05, 4.69) is 4.74 Å². The molecular weight excluding hydrogens is 268 g/mol. The number of rotatable bonds is 4. The molecule has 6 nitrogen and oxygen atoms in total. The van der Waals surface area contributed by atoms with Crippen LogP contribution in [0.1, 0.15) is 12.8 Å². The molecule has 0 radical (unpaired) electrons. The van der Waals surface area contributed by atoms with Gasteiger partial charge in [-0.1, -0.05) is 11.8 Å². The van der Waals surface area contributed by atoms with Gasteiger partial charge in [-0.15, -0.1) is 0 Å². The van der Waals surface area contributed by atoms with E-state index in [0.29, 0.717) is 32.5 Å². The molecule has 106 valence electrons. The van der Waals surface area contributed by atoms with Crippen molar-refractivity contribution < 1.29 is 19.1 Å². The first-order chi connectivity index (χ1) is 9.11. The van der Waals surface area contributed by atoms with Gasteiger partial charge in [-0.25, -0.2) is 0 Å². The molecule has 0 aromatic rings. The van der Waals surface area contributed by atoms with Crippen LogP contribution in [0, 0.1) is 5.92 Å². The van der Waals surface area contributed by atoms with Gasteiger partial charge in [0.15, 0.2) is 0 Å². The van der Waals surface area contributed by atoms with E-state index in [9.17, 15) is 14.4 Å². The molecule has 2 rings (SSSR count). The summed E-state index contributed by atoms with van der Waals surface area (Å²) in [6.45, 7) is 2.24. The lowest BCUT2D eigenvalue weighted by Gasteiger charge is -2.19. The molecule has 2 heterocycles. The summed E-state index contributed by atoms with van der Waals surface area (Å²) in [5, 5.41) is 0.0571. The lowest BCUT2D eigenvalue weighted by Crippen LogP contribution is -2.34. The normalized spacial score (nSPS) is 23.0. The Morgan fingerprint density at radius 3 is 2.84 bits per heavy atom. The molecule has 0 aromatic heterocycles. The van der Waals surface area contributed by atoms with E-state index in [0.717, 1.165) is 12.3 Å². The van der Waals surface area contributed by atoms with E-state index in [1.807, 2.05) is 0 Å². The van der Waals surface area contributed by atoms with Crippen LogP contribution in [0.4, 0.5) is 4.79 Å². The average Bonchev–Trinajstić information content (AvgIpc) is 3.04. The molecule has 2 aliphatic heterocycles. The highest BCUT2D eigenvalue weighted by molar-refractivity contribution is 8.13. The largest absolute Gasteiger partial charge is 0.469 e. The number of carbonyl (C=O) groups is 3. The third-order valence-corrected chi connectivity index (χ3v) is 4.41. The van der Waals surface area contributed by atoms with E-state index in [-0.39, 0.29) is 23.0 Å². The predicted molar refractivity (Wildman–Crippen MR) is 70.7 cm³/mol. The number of methoxy groups -OCH3 is 1. The fourth-order valence-electron chi connectivity index (χ4n) is 2.36. The minimum absolute atomic E-state index is 0.0103. The zero-order valence-corrected chi connectivity index (χ0v) is 11.8. The molecule has 0 spiro atoms. The number of esters is 1. The van der Waals surface area contributed by atoms with Gasteiger partial charge in [0.05, 0.1) is 13.0 Å². The van der Waals surface area contributed by atoms with Gasteiger partial charge in [0, 0.05) is 38.4 Å². The first kappa shape index (κ1) is 14.2. The fraction of sp³-hybridized carbons (Fsp3) is 0.750. The van der Waals surface area contributed by atoms with Crippen molar-refractivity contribution >= 4 is 28.9 Å². The minimum Gasteiger partial charge on any atom is -0.469 e. The zero-order valence-electron chi connectivity index (χ0n) is 11.0. The molecular formula is C12H18N2O4S. The summed E-state index contributed by atoms with van der Waals surface area (Å²) in [5.41, 5.74) is 0. The number of ether oxygens (including phenoxy) is 1. The van der Waals surface area contributed by atoms with Crippen molar-refractivity contribution in [3.8, 4) is 0 Å². The summed E-state index contributed by atoms with van der Waals surface area (Å²) in [6, 6.07) is 0. The molecule has 2 fully saturated rings. The molecule has 1 unspecified atom stereocenters. The average molecular weight is 286 g/mol. The van der Waals surface area contributed by atoms with E-state index < -0.39 is 0 Å². The Hall–Kier alpha value is -1.24. The number of hydrogen-bond acceptors (Lipinski definition) is 5. The Morgan fingerprint density at radius 2 is 2.21 bits per heavy atom. The van der Waals surface area contributed by atoms with Crippen molar-refractivity contribution in [1.82, 2.24) is 9.80 Å². The molecule has 2 amide bonds. The van der Waals surface area contributed by atoms with Crippen LogP contribution in [0.15, 0.2) is 0 Å². The first-order valence-corrected chi connectivity index (χ1v) is 7.37. The molecule has 2 aliphatic rings. The van der Waals surface area contributed by atoms with Crippen molar-refractivity contribution in [2.75, 3.05) is 39.0 Å². The van der Waals surface area contributed by atoms with Gasteiger partial charge in [-0.05, 0) is 6.42 Å². The summed E-state index contributed by atoms with van der Waals surface area (Å²) in [4.78, 5) is 38.2. The van der Waals surface area contributed by atoms with E-state index >= 15 is 0 Å². The fourth-order valence-corrected chi connectivity index (χ4v) is 3.21. The van der Waals surface area contributed by atoms with Gasteiger partial charge in [-0.2, -0.15) is 0 Å². The van der Waals surface area contributed by atoms with Crippen LogP contribution in [-0.2, 0) is 14.3 Å². The molecule has 0 N–H and O–H groups in total. The van der Waals surface area contributed by atoms with Crippen molar-refractivity contribution in [3.05, 3.63) is 0 Å². The quantitative estimate of drug-likeness (QED) is 0.707. The standard InChI is InChI=1S/C12H18N2O4S/c1-18-11(16)9-2-4-14(8-9)10(15)3-5-13-6-7-19-12(13)17/h9H,2-8H2,1H3. The van der Waals surface area contributed by atoms with Crippen LogP contribution in [0.5, 0.6) is 0 Å². The smallest absolute Gasteiger partial charge is 0.310 e. The van der Waals surface area contributed by atoms with Crippen molar-refractivity contribution in [2.24, 2.45) is 5.92 Å². The van der Waals surface area contributed by atoms with Crippen LogP contribution >= 0.6 is 11.8 Å². The number of thioether (sulfide) groups is 1. The van der Waals surface area contributed by atoms with Crippen LogP contribution < -0.4 is 0 Å². The topological polar surface area (TPSA) is 66.9 Å². The maximum atomic E-state index is 12.0. The Balaban J connectivity index is 1.75. The van der Waals surface area contributed by atoms with E-state index in [4.69, 9.17) is 0 Å². The number of amides is 2. The SMILES string of the molecule is COC(=O)C1CCN(C(=O)CCN2CCSC2=O)C1. The molecule has 2 saturated heterocycles. The van der Waals surface area contributed by atoms with Gasteiger partial charge < -0.3 is 14.5 Å². The highest BCUT2D eigenvalue weighted by Gasteiger charge is 2.32. The molecule has 19 heavy (non-hydrogen) atoms. The van der Waals surface area contributed by atoms with Crippen LogP contribution in [-0.4, -0.2) is 66.0 Å². The second-order valence-corrected chi connectivity index (χ2v) is 5.75. The lowest BCUT2D eigenvalue weighted by atomic mass is 10.1. The summed E-state index contributed by atoms with van der Waals surface area (Å²) in [7, 11) is 1.36. The Morgan fingerprint density at radius 1 is 1.42 bits per heavy atom. The Labute approximate surface area is 116 Å². The highest BCUT2D eigenvalue weighted by atomic mass is 32.2. The lowest BCUT2D eigenvalue weighted by molar-refractivity contribution is -0.145. The second-order valence-electron chi connectivity index (χ2n) is 4.70. The van der Waals surface area contributed by atoms with Gasteiger partial charge in [0.25, 0.3) is 5.24 Å². The summed E-state index contributed by atoms with van der Waals surface area (Å²) >= 11 is 1.30. The van der Waals surface area contributed by atoms with Crippen LogP contribution in [0.3, 0.4) is 0 Å². The van der Waals surface area contributed by atoms with Crippen molar-refractivity contribution in [1.29, 1.82) is 0 Å². The van der Waals surface area contributed by atoms with Crippen molar-refractivity contribution in [3.63, 3.8) is 0 Å².